The maximum absolute atomic E-state index is 11.1. The molecule has 0 aliphatic carbocycles. The molecule has 1 aromatic rings. The van der Waals surface area contributed by atoms with Crippen molar-refractivity contribution >= 4 is 17.0 Å². The van der Waals surface area contributed by atoms with Crippen LogP contribution in [0.15, 0.2) is 23.1 Å². The zero-order chi connectivity index (χ0) is 11.0. The Hall–Kier alpha value is -1.20. The summed E-state index contributed by atoms with van der Waals surface area (Å²) in [7, 11) is 0. The number of nitrogens with zero attached hydrogens (tertiary/aromatic N) is 1. The second-order valence-electron chi connectivity index (χ2n) is 3.55. The summed E-state index contributed by atoms with van der Waals surface area (Å²) < 4.78 is 19.8. The van der Waals surface area contributed by atoms with E-state index in [0.717, 1.165) is 11.1 Å². The van der Waals surface area contributed by atoms with Gasteiger partial charge in [0.15, 0.2) is 11.1 Å². The van der Waals surface area contributed by atoms with Crippen LogP contribution < -0.4 is 0 Å². The quantitative estimate of drug-likeness (QED) is 0.729. The van der Waals surface area contributed by atoms with Gasteiger partial charge in [-0.25, -0.2) is 4.21 Å². The van der Waals surface area contributed by atoms with Crippen LogP contribution >= 0.6 is 0 Å². The van der Waals surface area contributed by atoms with Crippen LogP contribution in [0.5, 0.6) is 0 Å². The highest BCUT2D eigenvalue weighted by Crippen LogP contribution is 2.24. The molecule has 1 amide bonds. The Morgan fingerprint density at radius 2 is 2.07 bits per heavy atom. The molecule has 1 N–H and O–H groups in total. The third-order valence-corrected chi connectivity index (χ3v) is 3.20. The molecule has 0 spiro atoms. The average molecular weight is 225 g/mol. The van der Waals surface area contributed by atoms with Gasteiger partial charge in [-0.05, 0) is 23.3 Å². The predicted molar refractivity (Wildman–Crippen MR) is 55.4 cm³/mol. The lowest BCUT2D eigenvalue weighted by Gasteiger charge is -2.10. The summed E-state index contributed by atoms with van der Waals surface area (Å²) in [5.74, 6) is 0.0258. The second kappa shape index (κ2) is 3.75. The second-order valence-corrected chi connectivity index (χ2v) is 4.52. The van der Waals surface area contributed by atoms with E-state index in [0.29, 0.717) is 18.0 Å². The molecule has 4 nitrogen and oxygen atoms in total. The Kier molecular flexibility index (Phi) is 2.58. The number of amides is 1. The first kappa shape index (κ1) is 10.3. The zero-order valence-corrected chi connectivity index (χ0v) is 9.08. The molecule has 1 aromatic carbocycles. The number of carbonyl (C=O) groups is 1. The highest BCUT2D eigenvalue weighted by molar-refractivity contribution is 7.79. The number of hydrogen-bond donors (Lipinski definition) is 1. The third kappa shape index (κ3) is 1.93. The van der Waals surface area contributed by atoms with Crippen LogP contribution in [0.25, 0.3) is 0 Å². The third-order valence-electron chi connectivity index (χ3n) is 2.55. The van der Waals surface area contributed by atoms with Crippen molar-refractivity contribution in [2.45, 2.75) is 24.9 Å². The van der Waals surface area contributed by atoms with Gasteiger partial charge < -0.3 is 9.45 Å². The van der Waals surface area contributed by atoms with E-state index in [4.69, 9.17) is 4.55 Å². The molecule has 0 fully saturated rings. The molecule has 0 saturated carbocycles. The fourth-order valence-electron chi connectivity index (χ4n) is 1.70. The van der Waals surface area contributed by atoms with Crippen molar-refractivity contribution in [1.29, 1.82) is 0 Å². The Morgan fingerprint density at radius 1 is 1.40 bits per heavy atom. The first-order valence-corrected chi connectivity index (χ1v) is 5.67. The van der Waals surface area contributed by atoms with Crippen molar-refractivity contribution in [2.75, 3.05) is 0 Å². The fraction of sp³-hybridized carbons (Fsp3) is 0.300. The maximum atomic E-state index is 11.1. The minimum atomic E-state index is -1.95. The largest absolute Gasteiger partial charge is 0.334 e. The van der Waals surface area contributed by atoms with Crippen molar-refractivity contribution in [3.8, 4) is 0 Å². The zero-order valence-electron chi connectivity index (χ0n) is 8.27. The van der Waals surface area contributed by atoms with E-state index >= 15 is 0 Å². The molecule has 0 radical (unpaired) electrons. The normalized spacial score (nSPS) is 16.3. The molecule has 1 aliphatic heterocycles. The molecule has 1 heterocycles. The van der Waals surface area contributed by atoms with Gasteiger partial charge in [0.25, 0.3) is 0 Å². The summed E-state index contributed by atoms with van der Waals surface area (Å²) in [5.41, 5.74) is 2.02. The monoisotopic (exact) mass is 225 g/mol. The van der Waals surface area contributed by atoms with Crippen LogP contribution in [0.3, 0.4) is 0 Å². The van der Waals surface area contributed by atoms with Crippen LogP contribution in [-0.2, 0) is 29.0 Å². The van der Waals surface area contributed by atoms with E-state index in [9.17, 15) is 9.00 Å². The van der Waals surface area contributed by atoms with Gasteiger partial charge in [0.2, 0.25) is 5.91 Å². The minimum Gasteiger partial charge on any atom is -0.334 e. The lowest BCUT2D eigenvalue weighted by atomic mass is 10.1. The van der Waals surface area contributed by atoms with Crippen molar-refractivity contribution in [3.63, 3.8) is 0 Å². The average Bonchev–Trinajstić information content (AvgIpc) is 2.59. The van der Waals surface area contributed by atoms with Gasteiger partial charge in [-0.3, -0.25) is 4.79 Å². The Bertz CT molecular complexity index is 444. The van der Waals surface area contributed by atoms with E-state index in [2.05, 4.69) is 0 Å². The summed E-state index contributed by atoms with van der Waals surface area (Å²) in [6.07, 6.45) is 0. The number of carbonyl (C=O) groups excluding carboxylic acids is 1. The summed E-state index contributed by atoms with van der Waals surface area (Å²) in [5, 5.41) is 0. The van der Waals surface area contributed by atoms with E-state index < -0.39 is 11.1 Å². The highest BCUT2D eigenvalue weighted by atomic mass is 32.2. The van der Waals surface area contributed by atoms with Gasteiger partial charge >= 0.3 is 0 Å². The van der Waals surface area contributed by atoms with E-state index in [1.54, 1.807) is 17.0 Å². The summed E-state index contributed by atoms with van der Waals surface area (Å²) >= 11 is -1.95. The SMILES string of the molecule is CC(=O)N1Cc2ccc(S(=O)O)cc2C1. The smallest absolute Gasteiger partial charge is 0.220 e. The molecule has 2 rings (SSSR count). The molecule has 0 bridgehead atoms. The lowest BCUT2D eigenvalue weighted by molar-refractivity contribution is -0.129. The number of fused-ring (bicyclic) bond motifs is 1. The van der Waals surface area contributed by atoms with E-state index in [1.807, 2.05) is 6.07 Å². The summed E-state index contributed by atoms with van der Waals surface area (Å²) in [6.45, 7) is 2.66. The molecule has 1 atom stereocenters. The maximum Gasteiger partial charge on any atom is 0.220 e. The lowest BCUT2D eigenvalue weighted by Crippen LogP contribution is -2.21. The van der Waals surface area contributed by atoms with E-state index in [-0.39, 0.29) is 5.91 Å². The van der Waals surface area contributed by atoms with Gasteiger partial charge in [-0.2, -0.15) is 0 Å². The first-order valence-electron chi connectivity index (χ1n) is 4.56. The summed E-state index contributed by atoms with van der Waals surface area (Å²) in [4.78, 5) is 13.2. The van der Waals surface area contributed by atoms with Crippen LogP contribution in [0, 0.1) is 0 Å². The van der Waals surface area contributed by atoms with Gasteiger partial charge in [0, 0.05) is 20.0 Å². The van der Waals surface area contributed by atoms with E-state index in [1.165, 1.54) is 6.92 Å². The molecule has 0 aromatic heterocycles. The van der Waals surface area contributed by atoms with Gasteiger partial charge in [-0.15, -0.1) is 0 Å². The predicted octanol–water partition coefficient (Wildman–Crippen LogP) is 1.13. The highest BCUT2D eigenvalue weighted by Gasteiger charge is 2.21. The number of benzene rings is 1. The van der Waals surface area contributed by atoms with Crippen molar-refractivity contribution < 1.29 is 13.6 Å². The Labute approximate surface area is 90.2 Å². The standard InChI is InChI=1S/C10H11NO3S/c1-7(12)11-5-8-2-3-10(15(13)14)4-9(8)6-11/h2-4H,5-6H2,1H3,(H,13,14). The van der Waals surface area contributed by atoms with Crippen LogP contribution in [-0.4, -0.2) is 19.6 Å². The van der Waals surface area contributed by atoms with Crippen molar-refractivity contribution in [3.05, 3.63) is 29.3 Å². The van der Waals surface area contributed by atoms with Crippen molar-refractivity contribution in [1.82, 2.24) is 4.90 Å². The van der Waals surface area contributed by atoms with Crippen molar-refractivity contribution in [2.24, 2.45) is 0 Å². The molecule has 1 aliphatic rings. The fourth-order valence-corrected chi connectivity index (χ4v) is 2.13. The van der Waals surface area contributed by atoms with Gasteiger partial charge in [-0.1, -0.05) is 6.07 Å². The Morgan fingerprint density at radius 3 is 2.67 bits per heavy atom. The molecular weight excluding hydrogens is 214 g/mol. The topological polar surface area (TPSA) is 57.6 Å². The number of hydrogen-bond acceptors (Lipinski definition) is 2. The van der Waals surface area contributed by atoms with Gasteiger partial charge in [0.05, 0.1) is 4.90 Å². The number of rotatable bonds is 1. The van der Waals surface area contributed by atoms with Crippen LogP contribution in [0.1, 0.15) is 18.1 Å². The van der Waals surface area contributed by atoms with Crippen LogP contribution in [0.4, 0.5) is 0 Å². The van der Waals surface area contributed by atoms with Crippen LogP contribution in [0.2, 0.25) is 0 Å². The first-order chi connectivity index (χ1) is 7.08. The minimum absolute atomic E-state index is 0.0258. The molecule has 15 heavy (non-hydrogen) atoms. The molecular formula is C10H11NO3S. The molecule has 80 valence electrons. The molecule has 1 unspecified atom stereocenters. The van der Waals surface area contributed by atoms with Gasteiger partial charge in [0.1, 0.15) is 0 Å². The summed E-state index contributed by atoms with van der Waals surface area (Å²) in [6, 6.07) is 5.12. The molecule has 5 heteroatoms. The Balaban J connectivity index is 2.31. The molecule has 0 saturated heterocycles.